The smallest absolute Gasteiger partial charge is 0.0701 e. The molecule has 0 amide bonds. The Morgan fingerprint density at radius 3 is 1.64 bits per heavy atom. The minimum atomic E-state index is 0.417. The van der Waals surface area contributed by atoms with Gasteiger partial charge in [0.2, 0.25) is 0 Å². The normalized spacial score (nSPS) is 23.8. The van der Waals surface area contributed by atoms with Gasteiger partial charge in [-0.25, -0.2) is 0 Å². The van der Waals surface area contributed by atoms with Crippen LogP contribution in [0.25, 0.3) is 0 Å². The summed E-state index contributed by atoms with van der Waals surface area (Å²) in [6, 6.07) is 0. The summed E-state index contributed by atoms with van der Waals surface area (Å²) in [6.45, 7) is 3.53. The molecule has 1 aliphatic carbocycles. The number of rotatable bonds is 1. The Morgan fingerprint density at radius 1 is 0.857 bits per heavy atom. The second kappa shape index (κ2) is 8.21. The van der Waals surface area contributed by atoms with Gasteiger partial charge in [0.1, 0.15) is 0 Å². The van der Waals surface area contributed by atoms with E-state index in [2.05, 4.69) is 0 Å². The molecule has 0 bridgehead atoms. The van der Waals surface area contributed by atoms with Crippen LogP contribution in [0.4, 0.5) is 0 Å². The van der Waals surface area contributed by atoms with Crippen molar-refractivity contribution in [3.8, 4) is 0 Å². The third kappa shape index (κ3) is 5.58. The van der Waals surface area contributed by atoms with E-state index in [0.29, 0.717) is 12.5 Å². The summed E-state index contributed by atoms with van der Waals surface area (Å²) in [5, 5.41) is 8.69. The van der Waals surface area contributed by atoms with Crippen LogP contribution in [-0.4, -0.2) is 38.1 Å². The van der Waals surface area contributed by atoms with Gasteiger partial charge >= 0.3 is 0 Å². The highest BCUT2D eigenvalue weighted by atomic mass is 16.6. The van der Waals surface area contributed by atoms with Gasteiger partial charge in [0, 0.05) is 6.61 Å². The number of aliphatic hydroxyl groups excluding tert-OH is 1. The molecule has 0 atom stereocenters. The van der Waals surface area contributed by atoms with E-state index in [1.807, 2.05) is 0 Å². The summed E-state index contributed by atoms with van der Waals surface area (Å²) >= 11 is 0. The van der Waals surface area contributed by atoms with Crippen LogP contribution < -0.4 is 0 Å². The van der Waals surface area contributed by atoms with Crippen molar-refractivity contribution in [3.63, 3.8) is 0 Å². The Bertz CT molecular complexity index is 106. The Morgan fingerprint density at radius 2 is 1.36 bits per heavy atom. The molecule has 1 N–H and O–H groups in total. The van der Waals surface area contributed by atoms with Gasteiger partial charge in [-0.3, -0.25) is 0 Å². The van der Waals surface area contributed by atoms with Crippen LogP contribution in [0.15, 0.2) is 0 Å². The summed E-state index contributed by atoms with van der Waals surface area (Å²) in [5.74, 6) is 0.642. The molecule has 14 heavy (non-hydrogen) atoms. The van der Waals surface area contributed by atoms with Crippen LogP contribution in [-0.2, 0) is 9.47 Å². The van der Waals surface area contributed by atoms with Gasteiger partial charge in [0.15, 0.2) is 0 Å². The first-order chi connectivity index (χ1) is 6.93. The molecule has 3 nitrogen and oxygen atoms in total. The second-order valence-corrected chi connectivity index (χ2v) is 3.91. The molecule has 0 spiro atoms. The predicted molar refractivity (Wildman–Crippen MR) is 55.3 cm³/mol. The van der Waals surface area contributed by atoms with Crippen LogP contribution >= 0.6 is 0 Å². The maximum Gasteiger partial charge on any atom is 0.0701 e. The summed E-state index contributed by atoms with van der Waals surface area (Å²) in [6.07, 6.45) is 6.58. The van der Waals surface area contributed by atoms with E-state index in [1.165, 1.54) is 32.1 Å². The van der Waals surface area contributed by atoms with Gasteiger partial charge in [0.25, 0.3) is 0 Å². The van der Waals surface area contributed by atoms with Crippen molar-refractivity contribution in [3.05, 3.63) is 0 Å². The highest BCUT2D eigenvalue weighted by Crippen LogP contribution is 2.22. The van der Waals surface area contributed by atoms with Crippen molar-refractivity contribution in [1.82, 2.24) is 0 Å². The molecule has 0 aromatic rings. The van der Waals surface area contributed by atoms with E-state index in [-0.39, 0.29) is 0 Å². The fourth-order valence-corrected chi connectivity index (χ4v) is 1.81. The topological polar surface area (TPSA) is 38.7 Å². The molecule has 0 aromatic heterocycles. The second-order valence-electron chi connectivity index (χ2n) is 3.91. The van der Waals surface area contributed by atoms with Gasteiger partial charge in [-0.15, -0.1) is 0 Å². The monoisotopic (exact) mass is 202 g/mol. The van der Waals surface area contributed by atoms with Crippen molar-refractivity contribution < 1.29 is 14.6 Å². The van der Waals surface area contributed by atoms with E-state index < -0.39 is 0 Å². The fourth-order valence-electron chi connectivity index (χ4n) is 1.81. The Labute approximate surface area is 86.4 Å². The first kappa shape index (κ1) is 12.0. The largest absolute Gasteiger partial charge is 0.396 e. The predicted octanol–water partition coefficient (Wildman–Crippen LogP) is 1.59. The number of hydrogen-bond acceptors (Lipinski definition) is 3. The molecule has 84 valence electrons. The van der Waals surface area contributed by atoms with E-state index in [9.17, 15) is 0 Å². The van der Waals surface area contributed by atoms with E-state index in [0.717, 1.165) is 26.4 Å². The minimum Gasteiger partial charge on any atom is -0.396 e. The third-order valence-electron chi connectivity index (χ3n) is 2.73. The van der Waals surface area contributed by atoms with Crippen molar-refractivity contribution >= 4 is 0 Å². The van der Waals surface area contributed by atoms with Crippen LogP contribution in [0, 0.1) is 5.92 Å². The Balaban J connectivity index is 0.000000146. The summed E-state index contributed by atoms with van der Waals surface area (Å²) in [7, 11) is 0. The molecular weight excluding hydrogens is 180 g/mol. The van der Waals surface area contributed by atoms with E-state index in [4.69, 9.17) is 14.6 Å². The molecular formula is C11H22O3. The zero-order valence-corrected chi connectivity index (χ0v) is 8.91. The molecule has 1 heterocycles. The minimum absolute atomic E-state index is 0.417. The Hall–Kier alpha value is -0.120. The molecule has 0 unspecified atom stereocenters. The van der Waals surface area contributed by atoms with Gasteiger partial charge in [-0.1, -0.05) is 19.3 Å². The molecule has 1 saturated heterocycles. The summed E-state index contributed by atoms with van der Waals surface area (Å²) in [4.78, 5) is 0. The van der Waals surface area contributed by atoms with Gasteiger partial charge in [0.05, 0.1) is 26.4 Å². The summed E-state index contributed by atoms with van der Waals surface area (Å²) in [5.41, 5.74) is 0. The first-order valence-corrected chi connectivity index (χ1v) is 5.70. The molecule has 2 rings (SSSR count). The first-order valence-electron chi connectivity index (χ1n) is 5.70. The van der Waals surface area contributed by atoms with Crippen LogP contribution in [0.5, 0.6) is 0 Å². The SMILES string of the molecule is C1COCCO1.OCC1CCCCC1. The lowest BCUT2D eigenvalue weighted by molar-refractivity contribution is -0.0334. The molecule has 0 radical (unpaired) electrons. The lowest BCUT2D eigenvalue weighted by Gasteiger charge is -2.18. The molecule has 2 aliphatic rings. The lowest BCUT2D eigenvalue weighted by Crippen LogP contribution is -2.16. The summed E-state index contributed by atoms with van der Waals surface area (Å²) < 4.78 is 9.89. The molecule has 3 heteroatoms. The van der Waals surface area contributed by atoms with Crippen molar-refractivity contribution in [2.75, 3.05) is 33.0 Å². The van der Waals surface area contributed by atoms with Crippen molar-refractivity contribution in [1.29, 1.82) is 0 Å². The maximum absolute atomic E-state index is 8.69. The molecule has 1 aliphatic heterocycles. The van der Waals surface area contributed by atoms with Gasteiger partial charge in [-0.05, 0) is 18.8 Å². The highest BCUT2D eigenvalue weighted by molar-refractivity contribution is 4.63. The van der Waals surface area contributed by atoms with Crippen LogP contribution in [0.2, 0.25) is 0 Å². The van der Waals surface area contributed by atoms with Crippen LogP contribution in [0.1, 0.15) is 32.1 Å². The maximum atomic E-state index is 8.69. The molecule has 2 fully saturated rings. The molecule has 1 saturated carbocycles. The average Bonchev–Trinajstić information content (AvgIpc) is 2.33. The highest BCUT2D eigenvalue weighted by Gasteiger charge is 2.10. The fraction of sp³-hybridized carbons (Fsp3) is 1.00. The quantitative estimate of drug-likeness (QED) is 0.702. The van der Waals surface area contributed by atoms with Crippen LogP contribution in [0.3, 0.4) is 0 Å². The van der Waals surface area contributed by atoms with E-state index >= 15 is 0 Å². The van der Waals surface area contributed by atoms with Crippen molar-refractivity contribution in [2.45, 2.75) is 32.1 Å². The number of hydrogen-bond donors (Lipinski definition) is 1. The zero-order chi connectivity index (χ0) is 10.1. The van der Waals surface area contributed by atoms with Crippen molar-refractivity contribution in [2.24, 2.45) is 5.92 Å². The lowest BCUT2D eigenvalue weighted by atomic mass is 9.90. The van der Waals surface area contributed by atoms with Gasteiger partial charge < -0.3 is 14.6 Å². The standard InChI is InChI=1S/C7H14O.C4H8O2/c8-6-7-4-2-1-3-5-7;1-2-6-4-3-5-1/h7-8H,1-6H2;1-4H2. The van der Waals surface area contributed by atoms with Gasteiger partial charge in [-0.2, -0.15) is 0 Å². The average molecular weight is 202 g/mol. The van der Waals surface area contributed by atoms with E-state index in [1.54, 1.807) is 0 Å². The Kier molecular flexibility index (Phi) is 7.01. The number of aliphatic hydroxyl groups is 1. The zero-order valence-electron chi connectivity index (χ0n) is 8.91. The third-order valence-corrected chi connectivity index (χ3v) is 2.73. The number of ether oxygens (including phenoxy) is 2. The molecule has 0 aromatic carbocycles.